The number of halogens is 3. The number of nitrogens with zero attached hydrogens (tertiary/aromatic N) is 1. The maximum Gasteiger partial charge on any atom is 0.417 e. The molecule has 3 atom stereocenters. The molecule has 6 heteroatoms. The number of alkyl halides is 3. The van der Waals surface area contributed by atoms with Crippen LogP contribution in [-0.2, 0) is 6.18 Å². The van der Waals surface area contributed by atoms with Gasteiger partial charge in [0, 0.05) is 18.3 Å². The van der Waals surface area contributed by atoms with E-state index >= 15 is 0 Å². The number of piperidine rings is 1. The smallest absolute Gasteiger partial charge is 0.417 e. The average Bonchev–Trinajstić information content (AvgIpc) is 3.17. The van der Waals surface area contributed by atoms with Crippen molar-refractivity contribution >= 4 is 0 Å². The molecule has 20 heavy (non-hydrogen) atoms. The van der Waals surface area contributed by atoms with Crippen LogP contribution in [0.5, 0.6) is 5.88 Å². The molecule has 0 spiro atoms. The van der Waals surface area contributed by atoms with E-state index < -0.39 is 11.7 Å². The quantitative estimate of drug-likeness (QED) is 0.924. The number of aromatic nitrogens is 1. The van der Waals surface area contributed by atoms with Crippen molar-refractivity contribution in [1.29, 1.82) is 0 Å². The van der Waals surface area contributed by atoms with Crippen molar-refractivity contribution in [1.82, 2.24) is 10.3 Å². The Hall–Kier alpha value is -1.30. The lowest BCUT2D eigenvalue weighted by atomic mass is 10.0. The lowest BCUT2D eigenvalue weighted by molar-refractivity contribution is -0.137. The van der Waals surface area contributed by atoms with Crippen LogP contribution in [0.25, 0.3) is 0 Å². The number of hydrogen-bond acceptors (Lipinski definition) is 3. The highest BCUT2D eigenvalue weighted by atomic mass is 19.4. The van der Waals surface area contributed by atoms with Gasteiger partial charge in [0.2, 0.25) is 5.88 Å². The van der Waals surface area contributed by atoms with Crippen LogP contribution in [0.1, 0.15) is 24.8 Å². The molecule has 1 aromatic heterocycles. The van der Waals surface area contributed by atoms with Crippen molar-refractivity contribution in [2.75, 3.05) is 13.2 Å². The van der Waals surface area contributed by atoms with Gasteiger partial charge in [-0.2, -0.15) is 13.2 Å². The summed E-state index contributed by atoms with van der Waals surface area (Å²) >= 11 is 0. The maximum atomic E-state index is 12.4. The molecule has 0 amide bonds. The standard InChI is InChI=1S/C14H17F3N2O/c15-14(16,17)11-1-2-13(19-8-11)20-4-3-12-6-9-5-10(9)7-18-12/h1-2,8-10,12,18H,3-7H2. The van der Waals surface area contributed by atoms with E-state index in [0.717, 1.165) is 37.1 Å². The third kappa shape index (κ3) is 3.23. The Morgan fingerprint density at radius 1 is 1.25 bits per heavy atom. The normalized spacial score (nSPS) is 28.9. The molecule has 0 aromatic carbocycles. The highest BCUT2D eigenvalue weighted by Crippen LogP contribution is 2.44. The molecule has 110 valence electrons. The van der Waals surface area contributed by atoms with Crippen molar-refractivity contribution in [3.05, 3.63) is 23.9 Å². The van der Waals surface area contributed by atoms with Crippen LogP contribution in [0.4, 0.5) is 13.2 Å². The topological polar surface area (TPSA) is 34.1 Å². The van der Waals surface area contributed by atoms with Crippen LogP contribution < -0.4 is 10.1 Å². The largest absolute Gasteiger partial charge is 0.478 e. The molecule has 2 fully saturated rings. The van der Waals surface area contributed by atoms with Gasteiger partial charge in [0.25, 0.3) is 0 Å². The van der Waals surface area contributed by atoms with Gasteiger partial charge in [-0.1, -0.05) is 0 Å². The van der Waals surface area contributed by atoms with Gasteiger partial charge >= 0.3 is 6.18 Å². The minimum Gasteiger partial charge on any atom is -0.478 e. The Bertz CT molecular complexity index is 460. The third-order valence-electron chi connectivity index (χ3n) is 4.10. The molecular weight excluding hydrogens is 269 g/mol. The van der Waals surface area contributed by atoms with Crippen LogP contribution in [0.3, 0.4) is 0 Å². The van der Waals surface area contributed by atoms with Crippen LogP contribution in [-0.4, -0.2) is 24.2 Å². The zero-order chi connectivity index (χ0) is 14.2. The fourth-order valence-electron chi connectivity index (χ4n) is 2.77. The average molecular weight is 286 g/mol. The zero-order valence-electron chi connectivity index (χ0n) is 11.0. The predicted molar refractivity (Wildman–Crippen MR) is 67.4 cm³/mol. The number of fused-ring (bicyclic) bond motifs is 1. The molecule has 2 aliphatic rings. The zero-order valence-corrected chi connectivity index (χ0v) is 11.0. The highest BCUT2D eigenvalue weighted by Gasteiger charge is 2.41. The number of rotatable bonds is 4. The Morgan fingerprint density at radius 2 is 2.10 bits per heavy atom. The van der Waals surface area contributed by atoms with E-state index in [4.69, 9.17) is 4.74 Å². The van der Waals surface area contributed by atoms with E-state index in [9.17, 15) is 13.2 Å². The molecule has 1 saturated carbocycles. The van der Waals surface area contributed by atoms with Gasteiger partial charge in [-0.3, -0.25) is 0 Å². The van der Waals surface area contributed by atoms with Gasteiger partial charge in [-0.15, -0.1) is 0 Å². The van der Waals surface area contributed by atoms with E-state index in [-0.39, 0.29) is 5.88 Å². The van der Waals surface area contributed by atoms with E-state index in [2.05, 4.69) is 10.3 Å². The summed E-state index contributed by atoms with van der Waals surface area (Å²) in [5.41, 5.74) is -0.751. The van der Waals surface area contributed by atoms with Gasteiger partial charge in [-0.25, -0.2) is 4.98 Å². The summed E-state index contributed by atoms with van der Waals surface area (Å²) in [7, 11) is 0. The fraction of sp³-hybridized carbons (Fsp3) is 0.643. The first-order chi connectivity index (χ1) is 9.52. The van der Waals surface area contributed by atoms with Crippen LogP contribution in [0, 0.1) is 11.8 Å². The third-order valence-corrected chi connectivity index (χ3v) is 4.10. The van der Waals surface area contributed by atoms with Crippen LogP contribution in [0.15, 0.2) is 18.3 Å². The lowest BCUT2D eigenvalue weighted by Gasteiger charge is -2.22. The molecular formula is C14H17F3N2O. The van der Waals surface area contributed by atoms with E-state index in [1.165, 1.54) is 18.9 Å². The molecule has 1 aromatic rings. The summed E-state index contributed by atoms with van der Waals surface area (Å²) in [6, 6.07) is 2.73. The Labute approximate surface area is 115 Å². The molecule has 0 radical (unpaired) electrons. The second kappa shape index (κ2) is 5.24. The van der Waals surface area contributed by atoms with Gasteiger partial charge in [0.05, 0.1) is 12.2 Å². The number of hydrogen-bond donors (Lipinski definition) is 1. The van der Waals surface area contributed by atoms with Crippen LogP contribution >= 0.6 is 0 Å². The maximum absolute atomic E-state index is 12.4. The Balaban J connectivity index is 1.44. The minimum atomic E-state index is -4.35. The van der Waals surface area contributed by atoms with Crippen molar-refractivity contribution in [3.8, 4) is 5.88 Å². The summed E-state index contributed by atoms with van der Waals surface area (Å²) in [5, 5.41) is 3.48. The van der Waals surface area contributed by atoms with E-state index in [0.29, 0.717) is 12.6 Å². The highest BCUT2D eigenvalue weighted by molar-refractivity contribution is 5.20. The molecule has 0 bridgehead atoms. The minimum absolute atomic E-state index is 0.248. The first kappa shape index (κ1) is 13.7. The molecule has 1 N–H and O–H groups in total. The lowest BCUT2D eigenvalue weighted by Crippen LogP contribution is -2.36. The molecule has 3 nitrogen and oxygen atoms in total. The molecule has 3 rings (SSSR count). The van der Waals surface area contributed by atoms with Crippen LogP contribution in [0.2, 0.25) is 0 Å². The van der Waals surface area contributed by atoms with Gasteiger partial charge in [0.1, 0.15) is 0 Å². The summed E-state index contributed by atoms with van der Waals surface area (Å²) < 4.78 is 42.5. The summed E-state index contributed by atoms with van der Waals surface area (Å²) in [6.07, 6.45) is -0.146. The van der Waals surface area contributed by atoms with E-state index in [1.807, 2.05) is 0 Å². The first-order valence-corrected chi connectivity index (χ1v) is 6.92. The van der Waals surface area contributed by atoms with Gasteiger partial charge in [0.15, 0.2) is 0 Å². The summed E-state index contributed by atoms with van der Waals surface area (Å²) in [5.74, 6) is 2.01. The summed E-state index contributed by atoms with van der Waals surface area (Å²) in [4.78, 5) is 3.69. The Kier molecular flexibility index (Phi) is 3.58. The SMILES string of the molecule is FC(F)(F)c1ccc(OCCC2CC3CC3CN2)nc1. The van der Waals surface area contributed by atoms with Crippen molar-refractivity contribution < 1.29 is 17.9 Å². The molecule has 1 aliphatic heterocycles. The monoisotopic (exact) mass is 286 g/mol. The van der Waals surface area contributed by atoms with E-state index in [1.54, 1.807) is 0 Å². The second-order valence-corrected chi connectivity index (χ2v) is 5.62. The summed E-state index contributed by atoms with van der Waals surface area (Å²) in [6.45, 7) is 1.57. The number of pyridine rings is 1. The molecule has 2 heterocycles. The number of ether oxygens (including phenoxy) is 1. The molecule has 1 saturated heterocycles. The van der Waals surface area contributed by atoms with Crippen molar-refractivity contribution in [2.24, 2.45) is 11.8 Å². The van der Waals surface area contributed by atoms with Crippen molar-refractivity contribution in [2.45, 2.75) is 31.5 Å². The second-order valence-electron chi connectivity index (χ2n) is 5.62. The Morgan fingerprint density at radius 3 is 2.75 bits per heavy atom. The number of nitrogens with one attached hydrogen (secondary N) is 1. The van der Waals surface area contributed by atoms with Gasteiger partial charge < -0.3 is 10.1 Å². The van der Waals surface area contributed by atoms with Gasteiger partial charge in [-0.05, 0) is 43.7 Å². The predicted octanol–water partition coefficient (Wildman–Crippen LogP) is 2.87. The first-order valence-electron chi connectivity index (χ1n) is 6.92. The van der Waals surface area contributed by atoms with Crippen molar-refractivity contribution in [3.63, 3.8) is 0 Å². The molecule has 1 aliphatic carbocycles. The molecule has 3 unspecified atom stereocenters. The fourth-order valence-corrected chi connectivity index (χ4v) is 2.77.